The lowest BCUT2D eigenvalue weighted by Crippen LogP contribution is -2.01. The molecule has 0 saturated carbocycles. The first-order valence-corrected chi connectivity index (χ1v) is 6.76. The number of carbonyl (C=O) groups is 1. The molecule has 2 aromatic rings. The molecule has 0 bridgehead atoms. The number of halogens is 2. The first-order valence-electron chi connectivity index (χ1n) is 5.59. The van der Waals surface area contributed by atoms with Gasteiger partial charge in [0.05, 0.1) is 10.7 Å². The predicted molar refractivity (Wildman–Crippen MR) is 75.7 cm³/mol. The van der Waals surface area contributed by atoms with Gasteiger partial charge in [0.1, 0.15) is 0 Å². The highest BCUT2D eigenvalue weighted by molar-refractivity contribution is 9.10. The topological polar surface area (TPSA) is 63.3 Å². The molecule has 0 aliphatic carbocycles. The lowest BCUT2D eigenvalue weighted by molar-refractivity contribution is 0.0661. The van der Waals surface area contributed by atoms with Gasteiger partial charge in [-0.2, -0.15) is 0 Å². The summed E-state index contributed by atoms with van der Waals surface area (Å²) in [5.74, 6) is -0.982. The number of oxazole rings is 1. The average Bonchev–Trinajstić information content (AvgIpc) is 2.78. The van der Waals surface area contributed by atoms with Gasteiger partial charge < -0.3 is 9.52 Å². The van der Waals surface area contributed by atoms with Crippen LogP contribution in [-0.4, -0.2) is 16.1 Å². The molecule has 0 unspecified atom stereocenters. The van der Waals surface area contributed by atoms with Crippen molar-refractivity contribution >= 4 is 33.5 Å². The van der Waals surface area contributed by atoms with Gasteiger partial charge in [-0.3, -0.25) is 0 Å². The Morgan fingerprint density at radius 1 is 1.47 bits per heavy atom. The Labute approximate surface area is 123 Å². The molecule has 1 N–H and O–H groups in total. The first-order chi connectivity index (χ1) is 8.90. The fraction of sp³-hybridized carbons (Fsp3) is 0.231. The first kappa shape index (κ1) is 14.1. The summed E-state index contributed by atoms with van der Waals surface area (Å²) in [6.45, 7) is 3.73. The molecule has 0 saturated heterocycles. The van der Waals surface area contributed by atoms with Gasteiger partial charge in [0.15, 0.2) is 0 Å². The molecule has 0 aliphatic rings. The van der Waals surface area contributed by atoms with Crippen LogP contribution in [0.1, 0.15) is 36.0 Å². The van der Waals surface area contributed by atoms with Crippen molar-refractivity contribution in [1.82, 2.24) is 4.98 Å². The molecule has 1 aromatic heterocycles. The second-order valence-electron chi connectivity index (χ2n) is 4.32. The van der Waals surface area contributed by atoms with Gasteiger partial charge >= 0.3 is 5.97 Å². The number of benzene rings is 1. The van der Waals surface area contributed by atoms with E-state index in [1.807, 2.05) is 13.8 Å². The Morgan fingerprint density at radius 2 is 2.16 bits per heavy atom. The largest absolute Gasteiger partial charge is 0.475 e. The molecule has 0 aliphatic heterocycles. The summed E-state index contributed by atoms with van der Waals surface area (Å²) in [5.41, 5.74) is 1.11. The molecule has 0 fully saturated rings. The van der Waals surface area contributed by atoms with Crippen LogP contribution in [0.5, 0.6) is 0 Å². The van der Waals surface area contributed by atoms with Crippen LogP contribution in [0.15, 0.2) is 27.1 Å². The minimum absolute atomic E-state index is 0.0284. The maximum absolute atomic E-state index is 11.1. The van der Waals surface area contributed by atoms with E-state index < -0.39 is 5.97 Å². The van der Waals surface area contributed by atoms with E-state index >= 15 is 0 Å². The zero-order valence-corrected chi connectivity index (χ0v) is 12.6. The molecule has 6 heteroatoms. The number of aromatic carboxylic acids is 1. The average molecular weight is 345 g/mol. The van der Waals surface area contributed by atoms with Crippen molar-refractivity contribution in [1.29, 1.82) is 0 Å². The van der Waals surface area contributed by atoms with Crippen LogP contribution in [0, 0.1) is 0 Å². The molecule has 1 heterocycles. The molecule has 100 valence electrons. The third-order valence-corrected chi connectivity index (χ3v) is 3.77. The van der Waals surface area contributed by atoms with E-state index in [2.05, 4.69) is 20.9 Å². The van der Waals surface area contributed by atoms with Crippen molar-refractivity contribution in [3.8, 4) is 11.5 Å². The zero-order valence-electron chi connectivity index (χ0n) is 10.3. The van der Waals surface area contributed by atoms with E-state index in [0.29, 0.717) is 20.8 Å². The highest BCUT2D eigenvalue weighted by Gasteiger charge is 2.22. The summed E-state index contributed by atoms with van der Waals surface area (Å²) in [7, 11) is 0. The molecule has 0 atom stereocenters. The molecular weight excluding hydrogens is 334 g/mol. The fourth-order valence-corrected chi connectivity index (χ4v) is 2.13. The molecule has 0 amide bonds. The lowest BCUT2D eigenvalue weighted by Gasteiger charge is -1.99. The lowest BCUT2D eigenvalue weighted by atomic mass is 10.1. The molecule has 0 radical (unpaired) electrons. The molecule has 19 heavy (non-hydrogen) atoms. The Morgan fingerprint density at radius 3 is 2.63 bits per heavy atom. The van der Waals surface area contributed by atoms with Crippen LogP contribution < -0.4 is 0 Å². The monoisotopic (exact) mass is 343 g/mol. The van der Waals surface area contributed by atoms with Gasteiger partial charge in [-0.15, -0.1) is 0 Å². The Hall–Kier alpha value is -1.33. The summed E-state index contributed by atoms with van der Waals surface area (Å²) in [5, 5.41) is 9.68. The Kier molecular flexibility index (Phi) is 3.96. The van der Waals surface area contributed by atoms with Crippen LogP contribution >= 0.6 is 27.5 Å². The van der Waals surface area contributed by atoms with Crippen molar-refractivity contribution < 1.29 is 14.3 Å². The van der Waals surface area contributed by atoms with E-state index in [4.69, 9.17) is 21.1 Å². The summed E-state index contributed by atoms with van der Waals surface area (Å²) in [6.07, 6.45) is 0. The number of rotatable bonds is 3. The molecular formula is C13H11BrClNO3. The van der Waals surface area contributed by atoms with Gasteiger partial charge in [0.25, 0.3) is 0 Å². The quantitative estimate of drug-likeness (QED) is 0.885. The maximum Gasteiger partial charge on any atom is 0.373 e. The normalized spacial score (nSPS) is 11.0. The summed E-state index contributed by atoms with van der Waals surface area (Å²) < 4.78 is 6.05. The number of hydrogen-bond donors (Lipinski definition) is 1. The molecule has 2 rings (SSSR count). The van der Waals surface area contributed by atoms with Crippen molar-refractivity contribution in [3.63, 3.8) is 0 Å². The Balaban J connectivity index is 2.54. The third-order valence-electron chi connectivity index (χ3n) is 2.56. The fourth-order valence-electron chi connectivity index (χ4n) is 1.63. The van der Waals surface area contributed by atoms with Crippen LogP contribution in [0.2, 0.25) is 5.02 Å². The minimum Gasteiger partial charge on any atom is -0.475 e. The van der Waals surface area contributed by atoms with Gasteiger partial charge in [-0.05, 0) is 40.0 Å². The smallest absolute Gasteiger partial charge is 0.373 e. The zero-order chi connectivity index (χ0) is 14.2. The van der Waals surface area contributed by atoms with Gasteiger partial charge in [-0.1, -0.05) is 25.4 Å². The number of hydrogen-bond acceptors (Lipinski definition) is 3. The summed E-state index contributed by atoms with van der Waals surface area (Å²) >= 11 is 9.22. The number of aromatic nitrogens is 1. The SMILES string of the molecule is CC(C)c1nc(-c2ccc(Cl)c(Br)c2)oc1C(=O)O. The van der Waals surface area contributed by atoms with Crippen molar-refractivity contribution in [2.45, 2.75) is 19.8 Å². The Bertz CT molecular complexity index is 637. The molecule has 1 aromatic carbocycles. The minimum atomic E-state index is -1.12. The summed E-state index contributed by atoms with van der Waals surface area (Å²) in [6, 6.07) is 5.17. The highest BCUT2D eigenvalue weighted by atomic mass is 79.9. The maximum atomic E-state index is 11.1. The van der Waals surface area contributed by atoms with Crippen LogP contribution in [-0.2, 0) is 0 Å². The number of carboxylic acid groups (broad SMARTS) is 1. The van der Waals surface area contributed by atoms with E-state index in [9.17, 15) is 4.79 Å². The summed E-state index contributed by atoms with van der Waals surface area (Å²) in [4.78, 5) is 15.4. The second kappa shape index (κ2) is 5.35. The second-order valence-corrected chi connectivity index (χ2v) is 5.58. The van der Waals surface area contributed by atoms with Gasteiger partial charge in [0.2, 0.25) is 11.7 Å². The van der Waals surface area contributed by atoms with E-state index in [0.717, 1.165) is 0 Å². The number of carboxylic acids is 1. The van der Waals surface area contributed by atoms with Crippen LogP contribution in [0.4, 0.5) is 0 Å². The van der Waals surface area contributed by atoms with E-state index in [-0.39, 0.29) is 17.6 Å². The van der Waals surface area contributed by atoms with Crippen molar-refractivity contribution in [2.24, 2.45) is 0 Å². The van der Waals surface area contributed by atoms with E-state index in [1.54, 1.807) is 18.2 Å². The van der Waals surface area contributed by atoms with Crippen LogP contribution in [0.3, 0.4) is 0 Å². The highest BCUT2D eigenvalue weighted by Crippen LogP contribution is 2.31. The molecule has 4 nitrogen and oxygen atoms in total. The standard InChI is InChI=1S/C13H11BrClNO3/c1-6(2)10-11(13(17)18)19-12(16-10)7-3-4-9(15)8(14)5-7/h3-6H,1-2H3,(H,17,18). The third kappa shape index (κ3) is 2.82. The van der Waals surface area contributed by atoms with Crippen LogP contribution in [0.25, 0.3) is 11.5 Å². The molecule has 0 spiro atoms. The van der Waals surface area contributed by atoms with E-state index in [1.165, 1.54) is 0 Å². The van der Waals surface area contributed by atoms with Crippen molar-refractivity contribution in [3.05, 3.63) is 39.1 Å². The number of nitrogens with zero attached hydrogens (tertiary/aromatic N) is 1. The van der Waals surface area contributed by atoms with Gasteiger partial charge in [0, 0.05) is 10.0 Å². The van der Waals surface area contributed by atoms with Gasteiger partial charge in [-0.25, -0.2) is 9.78 Å². The van der Waals surface area contributed by atoms with Crippen molar-refractivity contribution in [2.75, 3.05) is 0 Å². The predicted octanol–water partition coefficient (Wildman–Crippen LogP) is 4.58.